The fourth-order valence-corrected chi connectivity index (χ4v) is 3.17. The van der Waals surface area contributed by atoms with Crippen LogP contribution in [0.15, 0.2) is 48.5 Å². The lowest BCUT2D eigenvalue weighted by Gasteiger charge is -2.18. The van der Waals surface area contributed by atoms with Crippen molar-refractivity contribution in [3.05, 3.63) is 64.2 Å². The van der Waals surface area contributed by atoms with E-state index in [9.17, 15) is 14.9 Å². The molecule has 0 aliphatic carbocycles. The number of fused-ring (bicyclic) bond motifs is 1. The number of nitro groups is 1. The fraction of sp³-hybridized carbons (Fsp3) is 0.250. The smallest absolute Gasteiger partial charge is 0.293 e. The molecule has 0 atom stereocenters. The van der Waals surface area contributed by atoms with Gasteiger partial charge in [-0.25, -0.2) is 0 Å². The van der Waals surface area contributed by atoms with Gasteiger partial charge in [-0.2, -0.15) is 0 Å². The molecule has 26 heavy (non-hydrogen) atoms. The predicted octanol–water partition coefficient (Wildman–Crippen LogP) is 4.15. The average molecular weight is 351 g/mol. The van der Waals surface area contributed by atoms with E-state index in [1.165, 1.54) is 6.07 Å². The summed E-state index contributed by atoms with van der Waals surface area (Å²) in [5.41, 5.74) is 2.90. The van der Waals surface area contributed by atoms with E-state index in [-0.39, 0.29) is 18.0 Å². The van der Waals surface area contributed by atoms with E-state index in [2.05, 4.69) is 4.98 Å². The summed E-state index contributed by atoms with van der Waals surface area (Å²) < 4.78 is 0. The van der Waals surface area contributed by atoms with E-state index in [1.54, 1.807) is 4.90 Å². The first-order chi connectivity index (χ1) is 12.5. The van der Waals surface area contributed by atoms with Crippen LogP contribution in [0.4, 0.5) is 5.69 Å². The number of non-ortho nitro benzene ring substituents is 1. The number of carbonyl (C=O) groups excluding carboxylic acids is 1. The van der Waals surface area contributed by atoms with Gasteiger partial charge in [0, 0.05) is 30.2 Å². The number of benzene rings is 2. The minimum Gasteiger partial charge on any atom is -0.349 e. The summed E-state index contributed by atoms with van der Waals surface area (Å²) >= 11 is 0. The third kappa shape index (κ3) is 3.44. The Balaban J connectivity index is 2.04. The molecule has 1 amide bonds. The molecule has 1 aromatic heterocycles. The Morgan fingerprint density at radius 3 is 2.42 bits per heavy atom. The van der Waals surface area contributed by atoms with E-state index < -0.39 is 4.92 Å². The molecule has 3 rings (SSSR count). The number of hydrogen-bond acceptors (Lipinski definition) is 3. The lowest BCUT2D eigenvalue weighted by atomic mass is 10.1. The quantitative estimate of drug-likeness (QED) is 0.535. The van der Waals surface area contributed by atoms with Crippen LogP contribution in [-0.4, -0.2) is 33.8 Å². The highest BCUT2D eigenvalue weighted by Crippen LogP contribution is 2.31. The van der Waals surface area contributed by atoms with Crippen molar-refractivity contribution in [2.75, 3.05) is 13.1 Å². The topological polar surface area (TPSA) is 79.2 Å². The molecule has 6 nitrogen and oxygen atoms in total. The van der Waals surface area contributed by atoms with Crippen molar-refractivity contribution in [1.29, 1.82) is 0 Å². The van der Waals surface area contributed by atoms with E-state index in [1.807, 2.05) is 56.3 Å². The van der Waals surface area contributed by atoms with Crippen LogP contribution in [0, 0.1) is 10.1 Å². The summed E-state index contributed by atoms with van der Waals surface area (Å²) in [6.45, 7) is 5.10. The third-order valence-corrected chi connectivity index (χ3v) is 4.52. The SMILES string of the molecule is CCN(CC)C(=O)Cc1cc([N+](=O)[O-])c2[nH]c(-c3ccccc3)cc2c1. The van der Waals surface area contributed by atoms with Crippen molar-refractivity contribution in [2.45, 2.75) is 20.3 Å². The van der Waals surface area contributed by atoms with Crippen LogP contribution in [0.1, 0.15) is 19.4 Å². The summed E-state index contributed by atoms with van der Waals surface area (Å²) in [5.74, 6) is -0.0255. The summed E-state index contributed by atoms with van der Waals surface area (Å²) in [4.78, 5) is 28.4. The number of carbonyl (C=O) groups is 1. The second kappa shape index (κ2) is 7.39. The molecule has 0 unspecified atom stereocenters. The van der Waals surface area contributed by atoms with Gasteiger partial charge in [-0.3, -0.25) is 14.9 Å². The highest BCUT2D eigenvalue weighted by Gasteiger charge is 2.19. The lowest BCUT2D eigenvalue weighted by molar-refractivity contribution is -0.383. The molecule has 6 heteroatoms. The number of amides is 1. The molecular weight excluding hydrogens is 330 g/mol. The molecule has 3 aromatic rings. The number of H-pyrrole nitrogens is 1. The van der Waals surface area contributed by atoms with Crippen molar-refractivity contribution in [2.24, 2.45) is 0 Å². The van der Waals surface area contributed by atoms with Gasteiger partial charge in [-0.15, -0.1) is 0 Å². The van der Waals surface area contributed by atoms with E-state index >= 15 is 0 Å². The number of likely N-dealkylation sites (N-methyl/N-ethyl adjacent to an activating group) is 1. The van der Waals surface area contributed by atoms with Crippen molar-refractivity contribution in [1.82, 2.24) is 9.88 Å². The summed E-state index contributed by atoms with van der Waals surface area (Å²) in [7, 11) is 0. The van der Waals surface area contributed by atoms with Gasteiger partial charge in [-0.05, 0) is 37.1 Å². The maximum absolute atomic E-state index is 12.4. The second-order valence-electron chi connectivity index (χ2n) is 6.13. The number of aromatic nitrogens is 1. The highest BCUT2D eigenvalue weighted by atomic mass is 16.6. The number of nitrogens with one attached hydrogen (secondary N) is 1. The van der Waals surface area contributed by atoms with Gasteiger partial charge in [0.15, 0.2) is 0 Å². The molecule has 0 spiro atoms. The van der Waals surface area contributed by atoms with E-state index in [4.69, 9.17) is 0 Å². The second-order valence-corrected chi connectivity index (χ2v) is 6.13. The Morgan fingerprint density at radius 1 is 1.12 bits per heavy atom. The molecule has 0 aliphatic rings. The molecule has 0 aliphatic heterocycles. The summed E-state index contributed by atoms with van der Waals surface area (Å²) in [5, 5.41) is 12.3. The molecule has 0 saturated heterocycles. The molecule has 0 saturated carbocycles. The van der Waals surface area contributed by atoms with Crippen LogP contribution >= 0.6 is 0 Å². The fourth-order valence-electron chi connectivity index (χ4n) is 3.17. The first kappa shape index (κ1) is 17.7. The first-order valence-electron chi connectivity index (χ1n) is 8.66. The third-order valence-electron chi connectivity index (χ3n) is 4.52. The molecule has 0 bridgehead atoms. The Bertz CT molecular complexity index is 944. The van der Waals surface area contributed by atoms with Gasteiger partial charge < -0.3 is 9.88 Å². The van der Waals surface area contributed by atoms with Crippen LogP contribution in [-0.2, 0) is 11.2 Å². The summed E-state index contributed by atoms with van der Waals surface area (Å²) in [6, 6.07) is 14.9. The number of nitro benzene ring substituents is 1. The highest BCUT2D eigenvalue weighted by molar-refractivity contribution is 5.94. The monoisotopic (exact) mass is 351 g/mol. The first-order valence-corrected chi connectivity index (χ1v) is 8.66. The zero-order chi connectivity index (χ0) is 18.7. The maximum atomic E-state index is 12.4. The standard InChI is InChI=1S/C20H21N3O3/c1-3-22(4-2)19(24)12-14-10-16-13-17(15-8-6-5-7-9-15)21-20(16)18(11-14)23(25)26/h5-11,13,21H,3-4,12H2,1-2H3. The number of nitrogens with zero attached hydrogens (tertiary/aromatic N) is 2. The largest absolute Gasteiger partial charge is 0.349 e. The van der Waals surface area contributed by atoms with Crippen molar-refractivity contribution >= 4 is 22.5 Å². The minimum atomic E-state index is -0.404. The van der Waals surface area contributed by atoms with Crippen molar-refractivity contribution in [3.63, 3.8) is 0 Å². The zero-order valence-electron chi connectivity index (χ0n) is 14.9. The molecule has 0 radical (unpaired) electrons. The van der Waals surface area contributed by atoms with Crippen LogP contribution in [0.3, 0.4) is 0 Å². The predicted molar refractivity (Wildman–Crippen MR) is 102 cm³/mol. The number of rotatable bonds is 6. The normalized spacial score (nSPS) is 10.8. The van der Waals surface area contributed by atoms with Crippen molar-refractivity contribution in [3.8, 4) is 11.3 Å². The molecule has 1 N–H and O–H groups in total. The Morgan fingerprint density at radius 2 is 1.81 bits per heavy atom. The Labute approximate surface area is 151 Å². The Hall–Kier alpha value is -3.15. The van der Waals surface area contributed by atoms with Gasteiger partial charge in [0.2, 0.25) is 5.91 Å². The number of hydrogen-bond donors (Lipinski definition) is 1. The van der Waals surface area contributed by atoms with Crippen LogP contribution in [0.2, 0.25) is 0 Å². The van der Waals surface area contributed by atoms with Gasteiger partial charge in [0.05, 0.1) is 11.3 Å². The van der Waals surface area contributed by atoms with Gasteiger partial charge in [0.25, 0.3) is 5.69 Å². The van der Waals surface area contributed by atoms with Crippen LogP contribution < -0.4 is 0 Å². The minimum absolute atomic E-state index is 0.00738. The number of aromatic amines is 1. The summed E-state index contributed by atoms with van der Waals surface area (Å²) in [6.07, 6.45) is 0.157. The van der Waals surface area contributed by atoms with Gasteiger partial charge in [0.1, 0.15) is 5.52 Å². The molecule has 134 valence electrons. The zero-order valence-corrected chi connectivity index (χ0v) is 14.9. The lowest BCUT2D eigenvalue weighted by Crippen LogP contribution is -2.31. The molecule has 1 heterocycles. The van der Waals surface area contributed by atoms with Crippen molar-refractivity contribution < 1.29 is 9.72 Å². The maximum Gasteiger partial charge on any atom is 0.293 e. The van der Waals surface area contributed by atoms with Crippen LogP contribution in [0.5, 0.6) is 0 Å². The van der Waals surface area contributed by atoms with Gasteiger partial charge in [-0.1, -0.05) is 30.3 Å². The Kier molecular flexibility index (Phi) is 5.02. The van der Waals surface area contributed by atoms with Gasteiger partial charge >= 0.3 is 0 Å². The van der Waals surface area contributed by atoms with Crippen LogP contribution in [0.25, 0.3) is 22.2 Å². The average Bonchev–Trinajstić information content (AvgIpc) is 3.06. The molecular formula is C20H21N3O3. The molecule has 0 fully saturated rings. The molecule has 2 aromatic carbocycles. The van der Waals surface area contributed by atoms with E-state index in [0.717, 1.165) is 16.6 Å². The van der Waals surface area contributed by atoms with E-state index in [0.29, 0.717) is 24.2 Å².